The first-order chi connectivity index (χ1) is 6.02. The average molecular weight is 295 g/mol. The number of benzene rings is 1. The van der Waals surface area contributed by atoms with Crippen LogP contribution in [0, 0.1) is 9.39 Å². The van der Waals surface area contributed by atoms with Crippen molar-refractivity contribution in [1.82, 2.24) is 0 Å². The summed E-state index contributed by atoms with van der Waals surface area (Å²) in [6, 6.07) is 4.15. The fourth-order valence-corrected chi connectivity index (χ4v) is 1.54. The normalized spacial score (nSPS) is 15.5. The monoisotopic (exact) mass is 295 g/mol. The van der Waals surface area contributed by atoms with Crippen LogP contribution in [0.4, 0.5) is 4.39 Å². The van der Waals surface area contributed by atoms with Gasteiger partial charge in [0.2, 0.25) is 0 Å². The SMILES string of the molecule is CC(O)C(N)c1ccc(F)c(I)c1. The Kier molecular flexibility index (Phi) is 3.63. The maximum absolute atomic E-state index is 12.9. The van der Waals surface area contributed by atoms with Gasteiger partial charge in [0.25, 0.3) is 0 Å². The fourth-order valence-electron chi connectivity index (χ4n) is 0.998. The molecule has 2 atom stereocenters. The minimum atomic E-state index is -0.624. The first-order valence-corrected chi connectivity index (χ1v) is 4.99. The minimum absolute atomic E-state index is 0.262. The lowest BCUT2D eigenvalue weighted by atomic mass is 10.0. The third-order valence-electron chi connectivity index (χ3n) is 1.85. The van der Waals surface area contributed by atoms with Gasteiger partial charge in [-0.3, -0.25) is 0 Å². The van der Waals surface area contributed by atoms with Crippen LogP contribution in [-0.2, 0) is 0 Å². The van der Waals surface area contributed by atoms with Gasteiger partial charge in [0.15, 0.2) is 0 Å². The third-order valence-corrected chi connectivity index (χ3v) is 2.67. The number of aliphatic hydroxyl groups is 1. The molecule has 0 amide bonds. The van der Waals surface area contributed by atoms with Crippen LogP contribution in [0.15, 0.2) is 18.2 Å². The van der Waals surface area contributed by atoms with Gasteiger partial charge in [-0.1, -0.05) is 6.07 Å². The van der Waals surface area contributed by atoms with E-state index in [-0.39, 0.29) is 5.82 Å². The van der Waals surface area contributed by atoms with Gasteiger partial charge in [-0.15, -0.1) is 0 Å². The van der Waals surface area contributed by atoms with E-state index in [0.29, 0.717) is 3.57 Å². The van der Waals surface area contributed by atoms with Crippen LogP contribution in [0.1, 0.15) is 18.5 Å². The van der Waals surface area contributed by atoms with Crippen LogP contribution in [-0.4, -0.2) is 11.2 Å². The Labute approximate surface area is 90.1 Å². The molecular formula is C9H11FINO. The number of halogens is 2. The van der Waals surface area contributed by atoms with E-state index in [2.05, 4.69) is 0 Å². The van der Waals surface area contributed by atoms with Crippen LogP contribution in [0.2, 0.25) is 0 Å². The highest BCUT2D eigenvalue weighted by atomic mass is 127. The summed E-state index contributed by atoms with van der Waals surface area (Å²) in [6.45, 7) is 1.61. The van der Waals surface area contributed by atoms with Crippen molar-refractivity contribution in [2.45, 2.75) is 19.1 Å². The molecule has 2 unspecified atom stereocenters. The number of nitrogens with two attached hydrogens (primary N) is 1. The Morgan fingerprint density at radius 3 is 2.62 bits per heavy atom. The largest absolute Gasteiger partial charge is 0.391 e. The lowest BCUT2D eigenvalue weighted by molar-refractivity contribution is 0.164. The quantitative estimate of drug-likeness (QED) is 0.817. The molecule has 0 fully saturated rings. The van der Waals surface area contributed by atoms with Gasteiger partial charge in [0.1, 0.15) is 5.82 Å². The fraction of sp³-hybridized carbons (Fsp3) is 0.333. The Bertz CT molecular complexity index is 304. The van der Waals surface area contributed by atoms with Crippen molar-refractivity contribution in [3.8, 4) is 0 Å². The molecule has 0 heterocycles. The molecular weight excluding hydrogens is 284 g/mol. The van der Waals surface area contributed by atoms with Gasteiger partial charge in [0.05, 0.1) is 12.1 Å². The smallest absolute Gasteiger partial charge is 0.136 e. The second-order valence-electron chi connectivity index (χ2n) is 2.94. The summed E-state index contributed by atoms with van der Waals surface area (Å²) in [4.78, 5) is 0. The second kappa shape index (κ2) is 4.34. The Balaban J connectivity index is 2.97. The van der Waals surface area contributed by atoms with Crippen LogP contribution >= 0.6 is 22.6 Å². The Morgan fingerprint density at radius 2 is 2.15 bits per heavy atom. The molecule has 0 aliphatic carbocycles. The lowest BCUT2D eigenvalue weighted by Crippen LogP contribution is -2.23. The van der Waals surface area contributed by atoms with E-state index in [0.717, 1.165) is 5.56 Å². The minimum Gasteiger partial charge on any atom is -0.391 e. The van der Waals surface area contributed by atoms with E-state index >= 15 is 0 Å². The van der Waals surface area contributed by atoms with Crippen molar-refractivity contribution in [1.29, 1.82) is 0 Å². The maximum atomic E-state index is 12.9. The molecule has 0 aromatic heterocycles. The highest BCUT2D eigenvalue weighted by Gasteiger charge is 2.12. The molecule has 72 valence electrons. The van der Waals surface area contributed by atoms with Crippen LogP contribution in [0.5, 0.6) is 0 Å². The number of hydrogen-bond donors (Lipinski definition) is 2. The molecule has 0 saturated heterocycles. The van der Waals surface area contributed by atoms with Crippen LogP contribution < -0.4 is 5.73 Å². The van der Waals surface area contributed by atoms with Crippen molar-refractivity contribution in [2.75, 3.05) is 0 Å². The van der Waals surface area contributed by atoms with Crippen LogP contribution in [0.25, 0.3) is 0 Å². The summed E-state index contributed by atoms with van der Waals surface area (Å²) >= 11 is 1.89. The summed E-state index contributed by atoms with van der Waals surface area (Å²) in [5.41, 5.74) is 6.43. The summed E-state index contributed by atoms with van der Waals surface area (Å²) in [5.74, 6) is -0.262. The molecule has 13 heavy (non-hydrogen) atoms. The van der Waals surface area contributed by atoms with E-state index in [4.69, 9.17) is 5.73 Å². The molecule has 0 aliphatic heterocycles. The second-order valence-corrected chi connectivity index (χ2v) is 4.10. The average Bonchev–Trinajstić information content (AvgIpc) is 2.08. The van der Waals surface area contributed by atoms with Gasteiger partial charge in [-0.05, 0) is 47.2 Å². The van der Waals surface area contributed by atoms with E-state index in [1.54, 1.807) is 19.1 Å². The molecule has 0 saturated carbocycles. The standard InChI is InChI=1S/C9H11FINO/c1-5(13)9(12)6-2-3-7(10)8(11)4-6/h2-5,9,13H,12H2,1H3. The van der Waals surface area contributed by atoms with Gasteiger partial charge >= 0.3 is 0 Å². The molecule has 0 bridgehead atoms. The Hall–Kier alpha value is -0.200. The summed E-state index contributed by atoms with van der Waals surface area (Å²) in [7, 11) is 0. The van der Waals surface area contributed by atoms with Crippen molar-refractivity contribution >= 4 is 22.6 Å². The predicted molar refractivity (Wildman–Crippen MR) is 57.7 cm³/mol. The molecule has 0 radical (unpaired) electrons. The lowest BCUT2D eigenvalue weighted by Gasteiger charge is -2.15. The van der Waals surface area contributed by atoms with E-state index in [1.807, 2.05) is 22.6 Å². The summed E-state index contributed by atoms with van der Waals surface area (Å²) in [5, 5.41) is 9.21. The Morgan fingerprint density at radius 1 is 1.54 bits per heavy atom. The van der Waals surface area contributed by atoms with Gasteiger partial charge in [0, 0.05) is 3.57 Å². The maximum Gasteiger partial charge on any atom is 0.136 e. The zero-order valence-corrected chi connectivity index (χ0v) is 9.32. The number of aliphatic hydroxyl groups excluding tert-OH is 1. The summed E-state index contributed by atoms with van der Waals surface area (Å²) < 4.78 is 13.4. The molecule has 1 aromatic rings. The number of rotatable bonds is 2. The molecule has 0 spiro atoms. The molecule has 0 aliphatic rings. The number of hydrogen-bond acceptors (Lipinski definition) is 2. The molecule has 1 rings (SSSR count). The van der Waals surface area contributed by atoms with Crippen LogP contribution in [0.3, 0.4) is 0 Å². The molecule has 3 N–H and O–H groups in total. The van der Waals surface area contributed by atoms with Crippen molar-refractivity contribution in [2.24, 2.45) is 5.73 Å². The predicted octanol–water partition coefficient (Wildman–Crippen LogP) is 1.81. The first kappa shape index (κ1) is 10.9. The van der Waals surface area contributed by atoms with Gasteiger partial charge in [-0.25, -0.2) is 4.39 Å². The zero-order valence-electron chi connectivity index (χ0n) is 7.17. The van der Waals surface area contributed by atoms with Gasteiger partial charge in [-0.2, -0.15) is 0 Å². The van der Waals surface area contributed by atoms with E-state index < -0.39 is 12.1 Å². The van der Waals surface area contributed by atoms with Crippen molar-refractivity contribution in [3.63, 3.8) is 0 Å². The highest BCUT2D eigenvalue weighted by molar-refractivity contribution is 14.1. The van der Waals surface area contributed by atoms with E-state index in [1.165, 1.54) is 6.07 Å². The van der Waals surface area contributed by atoms with Gasteiger partial charge < -0.3 is 10.8 Å². The van der Waals surface area contributed by atoms with Crippen molar-refractivity contribution < 1.29 is 9.50 Å². The zero-order chi connectivity index (χ0) is 10.0. The molecule has 2 nitrogen and oxygen atoms in total. The molecule has 1 aromatic carbocycles. The molecule has 4 heteroatoms. The first-order valence-electron chi connectivity index (χ1n) is 3.91. The van der Waals surface area contributed by atoms with E-state index in [9.17, 15) is 9.50 Å². The topological polar surface area (TPSA) is 46.2 Å². The third kappa shape index (κ3) is 2.62. The van der Waals surface area contributed by atoms with Crippen molar-refractivity contribution in [3.05, 3.63) is 33.1 Å². The highest BCUT2D eigenvalue weighted by Crippen LogP contribution is 2.19. The summed E-state index contributed by atoms with van der Waals surface area (Å²) in [6.07, 6.45) is -0.624.